The van der Waals surface area contributed by atoms with Crippen LogP contribution in [0.2, 0.25) is 0 Å². The van der Waals surface area contributed by atoms with Crippen molar-refractivity contribution in [2.75, 3.05) is 22.2 Å². The summed E-state index contributed by atoms with van der Waals surface area (Å²) >= 11 is 0. The summed E-state index contributed by atoms with van der Waals surface area (Å²) in [5.74, 6) is 0.298. The van der Waals surface area contributed by atoms with Gasteiger partial charge in [-0.1, -0.05) is 36.4 Å². The number of carbonyl (C=O) groups excluding carboxylic acids is 1. The molecule has 2 aromatic carbocycles. The Morgan fingerprint density at radius 1 is 1.10 bits per heavy atom. The number of carboxylic acids is 1. The molecule has 0 bridgehead atoms. The molecular formula is C23H22N4O3. The van der Waals surface area contributed by atoms with Crippen molar-refractivity contribution in [1.29, 1.82) is 0 Å². The molecule has 1 amide bonds. The van der Waals surface area contributed by atoms with Crippen LogP contribution < -0.4 is 15.1 Å². The van der Waals surface area contributed by atoms with Gasteiger partial charge in [0.15, 0.2) is 5.82 Å². The highest BCUT2D eigenvalue weighted by atomic mass is 16.4. The number of likely N-dealkylation sites (N-methyl/N-ethyl adjacent to an activating group) is 1. The lowest BCUT2D eigenvalue weighted by atomic mass is 10.1. The Labute approximate surface area is 174 Å². The average Bonchev–Trinajstić information content (AvgIpc) is 2.76. The Morgan fingerprint density at radius 2 is 1.87 bits per heavy atom. The number of rotatable bonds is 5. The van der Waals surface area contributed by atoms with Crippen molar-refractivity contribution in [1.82, 2.24) is 4.98 Å². The molecule has 7 nitrogen and oxygen atoms in total. The van der Waals surface area contributed by atoms with E-state index in [1.807, 2.05) is 48.2 Å². The molecule has 0 radical (unpaired) electrons. The van der Waals surface area contributed by atoms with Gasteiger partial charge in [0.2, 0.25) is 5.91 Å². The van der Waals surface area contributed by atoms with Crippen LogP contribution in [0, 0.1) is 0 Å². The highest BCUT2D eigenvalue weighted by molar-refractivity contribution is 6.04. The zero-order valence-electron chi connectivity index (χ0n) is 16.7. The molecule has 3 aromatic rings. The van der Waals surface area contributed by atoms with Gasteiger partial charge in [0, 0.05) is 19.3 Å². The summed E-state index contributed by atoms with van der Waals surface area (Å²) in [7, 11) is 1.75. The number of pyridine rings is 1. The van der Waals surface area contributed by atoms with Crippen LogP contribution in [-0.2, 0) is 11.3 Å². The molecule has 2 heterocycles. The smallest absolute Gasteiger partial charge is 0.335 e. The molecule has 1 aliphatic rings. The van der Waals surface area contributed by atoms with Crippen LogP contribution >= 0.6 is 0 Å². The third kappa shape index (κ3) is 3.69. The van der Waals surface area contributed by atoms with Crippen LogP contribution in [0.5, 0.6) is 0 Å². The number of nitrogens with zero attached hydrogens (tertiary/aromatic N) is 3. The number of hydrogen-bond donors (Lipinski definition) is 2. The van der Waals surface area contributed by atoms with Crippen molar-refractivity contribution in [3.8, 4) is 0 Å². The van der Waals surface area contributed by atoms with E-state index in [1.165, 1.54) is 6.07 Å². The first-order valence-corrected chi connectivity index (χ1v) is 9.63. The molecule has 1 aliphatic heterocycles. The minimum Gasteiger partial charge on any atom is -0.478 e. The van der Waals surface area contributed by atoms with Gasteiger partial charge in [0.25, 0.3) is 0 Å². The van der Waals surface area contributed by atoms with E-state index in [9.17, 15) is 14.7 Å². The van der Waals surface area contributed by atoms with Gasteiger partial charge in [-0.15, -0.1) is 0 Å². The molecule has 0 fully saturated rings. The SMILES string of the molecule is C[C@@H]1C(=O)N(C)c2ccc(Nc3cccc(C(=O)O)c3)nc2N1Cc1ccccc1. The summed E-state index contributed by atoms with van der Waals surface area (Å²) in [4.78, 5) is 32.4. The van der Waals surface area contributed by atoms with E-state index in [-0.39, 0.29) is 17.5 Å². The average molecular weight is 402 g/mol. The fraction of sp³-hybridized carbons (Fsp3) is 0.174. The fourth-order valence-corrected chi connectivity index (χ4v) is 3.57. The molecule has 1 aromatic heterocycles. The molecule has 0 saturated carbocycles. The lowest BCUT2D eigenvalue weighted by Gasteiger charge is -2.39. The van der Waals surface area contributed by atoms with Crippen molar-refractivity contribution >= 4 is 34.9 Å². The highest BCUT2D eigenvalue weighted by Gasteiger charge is 2.34. The molecule has 7 heteroatoms. The lowest BCUT2D eigenvalue weighted by molar-refractivity contribution is -0.119. The number of carboxylic acid groups (broad SMARTS) is 1. The number of aromatic nitrogens is 1. The highest BCUT2D eigenvalue weighted by Crippen LogP contribution is 2.36. The maximum absolute atomic E-state index is 12.8. The third-order valence-electron chi connectivity index (χ3n) is 5.22. The molecule has 1 atom stereocenters. The number of hydrogen-bond acceptors (Lipinski definition) is 5. The molecule has 0 unspecified atom stereocenters. The summed E-state index contributed by atoms with van der Waals surface area (Å²) < 4.78 is 0. The van der Waals surface area contributed by atoms with E-state index < -0.39 is 5.97 Å². The number of fused-ring (bicyclic) bond motifs is 1. The Balaban J connectivity index is 1.70. The number of aromatic carboxylic acids is 1. The number of benzene rings is 2. The Hall–Kier alpha value is -3.87. The molecular weight excluding hydrogens is 380 g/mol. The number of carbonyl (C=O) groups is 2. The normalized spacial score (nSPS) is 15.7. The van der Waals surface area contributed by atoms with Gasteiger partial charge in [-0.3, -0.25) is 4.79 Å². The van der Waals surface area contributed by atoms with Crippen LogP contribution in [0.25, 0.3) is 0 Å². The zero-order valence-corrected chi connectivity index (χ0v) is 16.7. The standard InChI is InChI=1S/C23H22N4O3/c1-15-22(28)26(2)19-11-12-20(24-18-10-6-9-17(13-18)23(29)30)25-21(19)27(15)14-16-7-4-3-5-8-16/h3-13,15H,14H2,1-2H3,(H,24,25)(H,29,30)/t15-/m1/s1. The van der Waals surface area contributed by atoms with Crippen LogP contribution in [0.3, 0.4) is 0 Å². The summed E-state index contributed by atoms with van der Waals surface area (Å²) in [6.07, 6.45) is 0. The molecule has 2 N–H and O–H groups in total. The Bertz CT molecular complexity index is 1100. The van der Waals surface area contributed by atoms with Crippen LogP contribution in [0.15, 0.2) is 66.7 Å². The molecule has 4 rings (SSSR count). The topological polar surface area (TPSA) is 85.8 Å². The van der Waals surface area contributed by atoms with Gasteiger partial charge in [-0.25, -0.2) is 9.78 Å². The van der Waals surface area contributed by atoms with Crippen molar-refractivity contribution < 1.29 is 14.7 Å². The second kappa shape index (κ2) is 7.87. The summed E-state index contributed by atoms with van der Waals surface area (Å²) in [6.45, 7) is 2.43. The van der Waals surface area contributed by atoms with E-state index in [0.717, 1.165) is 11.3 Å². The van der Waals surface area contributed by atoms with E-state index in [0.29, 0.717) is 23.9 Å². The lowest BCUT2D eigenvalue weighted by Crippen LogP contribution is -2.50. The Morgan fingerprint density at radius 3 is 2.60 bits per heavy atom. The molecule has 0 saturated heterocycles. The monoisotopic (exact) mass is 402 g/mol. The van der Waals surface area contributed by atoms with Gasteiger partial charge in [-0.05, 0) is 42.8 Å². The molecule has 152 valence electrons. The van der Waals surface area contributed by atoms with Crippen molar-refractivity contribution in [3.05, 3.63) is 77.9 Å². The maximum Gasteiger partial charge on any atom is 0.335 e. The number of amides is 1. The van der Waals surface area contributed by atoms with Crippen LogP contribution in [-0.4, -0.2) is 35.1 Å². The van der Waals surface area contributed by atoms with Gasteiger partial charge < -0.3 is 20.2 Å². The van der Waals surface area contributed by atoms with Crippen molar-refractivity contribution in [2.24, 2.45) is 0 Å². The second-order valence-electron chi connectivity index (χ2n) is 7.24. The number of nitrogens with one attached hydrogen (secondary N) is 1. The quantitative estimate of drug-likeness (QED) is 0.673. The van der Waals surface area contributed by atoms with Crippen molar-refractivity contribution in [2.45, 2.75) is 19.5 Å². The molecule has 0 aliphatic carbocycles. The van der Waals surface area contributed by atoms with Gasteiger partial charge >= 0.3 is 5.97 Å². The van der Waals surface area contributed by atoms with E-state index >= 15 is 0 Å². The van der Waals surface area contributed by atoms with E-state index in [2.05, 4.69) is 5.32 Å². The first-order chi connectivity index (χ1) is 14.4. The Kier molecular flexibility index (Phi) is 5.10. The first-order valence-electron chi connectivity index (χ1n) is 9.63. The van der Waals surface area contributed by atoms with E-state index in [1.54, 1.807) is 36.2 Å². The van der Waals surface area contributed by atoms with E-state index in [4.69, 9.17) is 4.98 Å². The maximum atomic E-state index is 12.8. The van der Waals surface area contributed by atoms with Crippen LogP contribution in [0.4, 0.5) is 23.0 Å². The second-order valence-corrected chi connectivity index (χ2v) is 7.24. The number of anilines is 4. The summed E-state index contributed by atoms with van der Waals surface area (Å²) in [5.41, 5.74) is 2.65. The fourth-order valence-electron chi connectivity index (χ4n) is 3.57. The molecule has 30 heavy (non-hydrogen) atoms. The van der Waals surface area contributed by atoms with Gasteiger partial charge in [0.05, 0.1) is 11.3 Å². The zero-order chi connectivity index (χ0) is 21.3. The summed E-state index contributed by atoms with van der Waals surface area (Å²) in [5, 5.41) is 12.4. The minimum absolute atomic E-state index is 0.00935. The van der Waals surface area contributed by atoms with Crippen LogP contribution in [0.1, 0.15) is 22.8 Å². The van der Waals surface area contributed by atoms with Gasteiger partial charge in [0.1, 0.15) is 11.9 Å². The third-order valence-corrected chi connectivity index (χ3v) is 5.22. The first kappa shape index (κ1) is 19.4. The summed E-state index contributed by atoms with van der Waals surface area (Å²) in [6, 6.07) is 19.8. The molecule has 0 spiro atoms. The predicted molar refractivity (Wildman–Crippen MR) is 116 cm³/mol. The minimum atomic E-state index is -0.986. The predicted octanol–water partition coefficient (Wildman–Crippen LogP) is 3.89. The van der Waals surface area contributed by atoms with Gasteiger partial charge in [-0.2, -0.15) is 0 Å². The largest absolute Gasteiger partial charge is 0.478 e. The van der Waals surface area contributed by atoms with Crippen molar-refractivity contribution in [3.63, 3.8) is 0 Å².